The summed E-state index contributed by atoms with van der Waals surface area (Å²) in [6.07, 6.45) is 3.98. The van der Waals surface area contributed by atoms with Crippen LogP contribution in [0.15, 0.2) is 18.2 Å². The topological polar surface area (TPSA) is 21.3 Å². The standard InChI is InChI=1S/C16H23F2NO/c1-2-7-19-16(13-4-3-8-20-11-13)10-12-5-6-14(17)15(18)9-12/h5-6,9,13,16,19H,2-4,7-8,10-11H2,1H3. The number of nitrogens with one attached hydrogen (secondary N) is 1. The first kappa shape index (κ1) is 15.4. The third kappa shape index (κ3) is 4.25. The van der Waals surface area contributed by atoms with Gasteiger partial charge in [-0.05, 0) is 55.8 Å². The Labute approximate surface area is 119 Å². The maximum atomic E-state index is 13.3. The summed E-state index contributed by atoms with van der Waals surface area (Å²) >= 11 is 0. The largest absolute Gasteiger partial charge is 0.381 e. The predicted octanol–water partition coefficient (Wildman–Crippen LogP) is 3.30. The lowest BCUT2D eigenvalue weighted by Gasteiger charge is -2.31. The van der Waals surface area contributed by atoms with Gasteiger partial charge in [0.2, 0.25) is 0 Å². The van der Waals surface area contributed by atoms with Crippen molar-refractivity contribution < 1.29 is 13.5 Å². The maximum Gasteiger partial charge on any atom is 0.159 e. The molecule has 1 aliphatic heterocycles. The van der Waals surface area contributed by atoms with Crippen molar-refractivity contribution >= 4 is 0 Å². The lowest BCUT2D eigenvalue weighted by Crippen LogP contribution is -2.42. The van der Waals surface area contributed by atoms with E-state index < -0.39 is 11.6 Å². The zero-order chi connectivity index (χ0) is 14.4. The van der Waals surface area contributed by atoms with Gasteiger partial charge in [0.25, 0.3) is 0 Å². The Hall–Kier alpha value is -1.00. The highest BCUT2D eigenvalue weighted by Gasteiger charge is 2.24. The monoisotopic (exact) mass is 283 g/mol. The molecule has 0 spiro atoms. The second-order valence-corrected chi connectivity index (χ2v) is 5.49. The maximum absolute atomic E-state index is 13.3. The molecule has 1 saturated heterocycles. The molecule has 2 atom stereocenters. The summed E-state index contributed by atoms with van der Waals surface area (Å²) in [5, 5.41) is 3.53. The highest BCUT2D eigenvalue weighted by Crippen LogP contribution is 2.21. The molecule has 2 nitrogen and oxygen atoms in total. The third-order valence-corrected chi connectivity index (χ3v) is 3.86. The van der Waals surface area contributed by atoms with Crippen LogP contribution in [-0.2, 0) is 11.2 Å². The molecular weight excluding hydrogens is 260 g/mol. The molecule has 4 heteroatoms. The fraction of sp³-hybridized carbons (Fsp3) is 0.625. The lowest BCUT2D eigenvalue weighted by atomic mass is 9.89. The quantitative estimate of drug-likeness (QED) is 0.865. The smallest absolute Gasteiger partial charge is 0.159 e. The number of hydrogen-bond acceptors (Lipinski definition) is 2. The second-order valence-electron chi connectivity index (χ2n) is 5.49. The Morgan fingerprint density at radius 1 is 1.35 bits per heavy atom. The van der Waals surface area contributed by atoms with Gasteiger partial charge in [0.1, 0.15) is 0 Å². The molecular formula is C16H23F2NO. The van der Waals surface area contributed by atoms with Crippen LogP contribution in [0.2, 0.25) is 0 Å². The van der Waals surface area contributed by atoms with E-state index in [1.54, 1.807) is 6.07 Å². The Balaban J connectivity index is 2.03. The van der Waals surface area contributed by atoms with E-state index >= 15 is 0 Å². The average Bonchev–Trinajstić information content (AvgIpc) is 2.48. The van der Waals surface area contributed by atoms with Crippen LogP contribution in [0.25, 0.3) is 0 Å². The van der Waals surface area contributed by atoms with Gasteiger partial charge < -0.3 is 10.1 Å². The van der Waals surface area contributed by atoms with E-state index in [1.807, 2.05) is 0 Å². The van der Waals surface area contributed by atoms with Crippen LogP contribution >= 0.6 is 0 Å². The van der Waals surface area contributed by atoms with Crippen molar-refractivity contribution in [1.82, 2.24) is 5.32 Å². The highest BCUT2D eigenvalue weighted by molar-refractivity contribution is 5.19. The van der Waals surface area contributed by atoms with Crippen molar-refractivity contribution in [3.8, 4) is 0 Å². The summed E-state index contributed by atoms with van der Waals surface area (Å²) in [6, 6.07) is 4.45. The first-order valence-corrected chi connectivity index (χ1v) is 7.45. The zero-order valence-electron chi connectivity index (χ0n) is 12.0. The van der Waals surface area contributed by atoms with Gasteiger partial charge in [0.15, 0.2) is 11.6 Å². The number of benzene rings is 1. The molecule has 0 amide bonds. The zero-order valence-corrected chi connectivity index (χ0v) is 12.0. The summed E-state index contributed by atoms with van der Waals surface area (Å²) in [5.41, 5.74) is 0.836. The summed E-state index contributed by atoms with van der Waals surface area (Å²) in [7, 11) is 0. The molecule has 1 aliphatic rings. The van der Waals surface area contributed by atoms with Crippen LogP contribution in [0.4, 0.5) is 8.78 Å². The molecule has 1 fully saturated rings. The Morgan fingerprint density at radius 2 is 2.20 bits per heavy atom. The van der Waals surface area contributed by atoms with Gasteiger partial charge in [-0.3, -0.25) is 0 Å². The third-order valence-electron chi connectivity index (χ3n) is 3.86. The SMILES string of the molecule is CCCNC(Cc1ccc(F)c(F)c1)C1CCCOC1. The molecule has 1 N–H and O–H groups in total. The minimum Gasteiger partial charge on any atom is -0.381 e. The van der Waals surface area contributed by atoms with Crippen molar-refractivity contribution in [3.05, 3.63) is 35.4 Å². The van der Waals surface area contributed by atoms with Gasteiger partial charge in [-0.25, -0.2) is 8.78 Å². The lowest BCUT2D eigenvalue weighted by molar-refractivity contribution is 0.0393. The van der Waals surface area contributed by atoms with Crippen molar-refractivity contribution in [1.29, 1.82) is 0 Å². The van der Waals surface area contributed by atoms with Crippen LogP contribution in [0.5, 0.6) is 0 Å². The normalized spacial score (nSPS) is 20.9. The van der Waals surface area contributed by atoms with Crippen LogP contribution in [0.1, 0.15) is 31.7 Å². The number of ether oxygens (including phenoxy) is 1. The van der Waals surface area contributed by atoms with Crippen molar-refractivity contribution in [2.45, 2.75) is 38.6 Å². The summed E-state index contributed by atoms with van der Waals surface area (Å²) in [5.74, 6) is -1.10. The fourth-order valence-corrected chi connectivity index (χ4v) is 2.74. The second kappa shape index (κ2) is 7.70. The minimum atomic E-state index is -0.784. The fourth-order valence-electron chi connectivity index (χ4n) is 2.74. The molecule has 1 aromatic carbocycles. The molecule has 0 aromatic heterocycles. The van der Waals surface area contributed by atoms with Gasteiger partial charge >= 0.3 is 0 Å². The van der Waals surface area contributed by atoms with Crippen LogP contribution in [0.3, 0.4) is 0 Å². The van der Waals surface area contributed by atoms with E-state index in [4.69, 9.17) is 4.74 Å². The first-order chi connectivity index (χ1) is 9.70. The molecule has 0 bridgehead atoms. The predicted molar refractivity (Wildman–Crippen MR) is 75.7 cm³/mol. The van der Waals surface area contributed by atoms with E-state index in [9.17, 15) is 8.78 Å². The molecule has 2 rings (SSSR count). The Kier molecular flexibility index (Phi) is 5.92. The summed E-state index contributed by atoms with van der Waals surface area (Å²) in [6.45, 7) is 4.65. The molecule has 0 aliphatic carbocycles. The average molecular weight is 283 g/mol. The molecule has 20 heavy (non-hydrogen) atoms. The Morgan fingerprint density at radius 3 is 2.85 bits per heavy atom. The Bertz CT molecular complexity index is 419. The molecule has 112 valence electrons. The van der Waals surface area contributed by atoms with Crippen molar-refractivity contribution in [3.63, 3.8) is 0 Å². The summed E-state index contributed by atoms with van der Waals surface area (Å²) < 4.78 is 31.8. The van der Waals surface area contributed by atoms with E-state index in [2.05, 4.69) is 12.2 Å². The van der Waals surface area contributed by atoms with E-state index in [-0.39, 0.29) is 6.04 Å². The molecule has 1 aromatic rings. The van der Waals surface area contributed by atoms with Gasteiger partial charge in [0, 0.05) is 12.6 Å². The van der Waals surface area contributed by atoms with Crippen LogP contribution in [-0.4, -0.2) is 25.8 Å². The van der Waals surface area contributed by atoms with Crippen LogP contribution < -0.4 is 5.32 Å². The summed E-state index contributed by atoms with van der Waals surface area (Å²) in [4.78, 5) is 0. The highest BCUT2D eigenvalue weighted by atomic mass is 19.2. The van der Waals surface area contributed by atoms with Crippen molar-refractivity contribution in [2.75, 3.05) is 19.8 Å². The van der Waals surface area contributed by atoms with Crippen molar-refractivity contribution in [2.24, 2.45) is 5.92 Å². The van der Waals surface area contributed by atoms with E-state index in [1.165, 1.54) is 12.1 Å². The number of halogens is 2. The van der Waals surface area contributed by atoms with Crippen LogP contribution in [0, 0.1) is 17.6 Å². The van der Waals surface area contributed by atoms with E-state index in [0.29, 0.717) is 12.3 Å². The van der Waals surface area contributed by atoms with Gasteiger partial charge in [-0.1, -0.05) is 13.0 Å². The molecule has 1 heterocycles. The van der Waals surface area contributed by atoms with Gasteiger partial charge in [-0.2, -0.15) is 0 Å². The minimum absolute atomic E-state index is 0.264. The number of rotatable bonds is 6. The van der Waals surface area contributed by atoms with E-state index in [0.717, 1.165) is 44.6 Å². The molecule has 0 saturated carbocycles. The first-order valence-electron chi connectivity index (χ1n) is 7.45. The molecule has 2 unspecified atom stereocenters. The molecule has 0 radical (unpaired) electrons. The number of hydrogen-bond donors (Lipinski definition) is 1. The van der Waals surface area contributed by atoms with Gasteiger partial charge in [-0.15, -0.1) is 0 Å². The van der Waals surface area contributed by atoms with Gasteiger partial charge in [0.05, 0.1) is 6.61 Å².